The minimum Gasteiger partial charge on any atom is -0.494 e. The smallest absolute Gasteiger partial charge is 0.341 e. The first-order valence-corrected chi connectivity index (χ1v) is 10.2. The van der Waals surface area contributed by atoms with E-state index in [9.17, 15) is 9.59 Å². The maximum Gasteiger partial charge on any atom is 0.341 e. The fourth-order valence-corrected chi connectivity index (χ4v) is 3.77. The summed E-state index contributed by atoms with van der Waals surface area (Å²) in [6.45, 7) is 4.61. The van der Waals surface area contributed by atoms with Gasteiger partial charge in [0.25, 0.3) is 5.91 Å². The Bertz CT molecular complexity index is 1010. The summed E-state index contributed by atoms with van der Waals surface area (Å²) in [6, 6.07) is 14.8. The quantitative estimate of drug-likeness (QED) is 0.520. The molecule has 29 heavy (non-hydrogen) atoms. The lowest BCUT2D eigenvalue weighted by molar-refractivity contribution is 0.0603. The highest BCUT2D eigenvalue weighted by molar-refractivity contribution is 7.15. The van der Waals surface area contributed by atoms with Gasteiger partial charge in [0.2, 0.25) is 0 Å². The van der Waals surface area contributed by atoms with Crippen LogP contribution >= 0.6 is 11.3 Å². The molecular weight excluding hydrogens is 386 g/mol. The van der Waals surface area contributed by atoms with Crippen LogP contribution in [0.25, 0.3) is 11.1 Å². The molecule has 0 radical (unpaired) electrons. The van der Waals surface area contributed by atoms with Crippen LogP contribution in [0.1, 0.15) is 39.6 Å². The number of hydrogen-bond acceptors (Lipinski definition) is 5. The summed E-state index contributed by atoms with van der Waals surface area (Å²) in [4.78, 5) is 25.2. The maximum atomic E-state index is 12.8. The molecule has 1 amide bonds. The van der Waals surface area contributed by atoms with Gasteiger partial charge in [-0.25, -0.2) is 4.79 Å². The fraction of sp³-hybridized carbons (Fsp3) is 0.217. The van der Waals surface area contributed by atoms with Crippen LogP contribution in [0.5, 0.6) is 5.75 Å². The summed E-state index contributed by atoms with van der Waals surface area (Å²) in [6.07, 6.45) is 0.885. The van der Waals surface area contributed by atoms with Gasteiger partial charge in [-0.15, -0.1) is 11.3 Å². The summed E-state index contributed by atoms with van der Waals surface area (Å²) >= 11 is 1.30. The van der Waals surface area contributed by atoms with Crippen molar-refractivity contribution in [2.75, 3.05) is 19.0 Å². The zero-order valence-electron chi connectivity index (χ0n) is 16.7. The highest BCUT2D eigenvalue weighted by atomic mass is 32.1. The van der Waals surface area contributed by atoms with Crippen LogP contribution in [-0.4, -0.2) is 25.6 Å². The van der Waals surface area contributed by atoms with Gasteiger partial charge in [-0.1, -0.05) is 42.8 Å². The van der Waals surface area contributed by atoms with E-state index in [4.69, 9.17) is 9.47 Å². The van der Waals surface area contributed by atoms with E-state index in [0.29, 0.717) is 28.5 Å². The molecule has 1 N–H and O–H groups in total. The molecule has 1 aromatic heterocycles. The predicted molar refractivity (Wildman–Crippen MR) is 116 cm³/mol. The van der Waals surface area contributed by atoms with Crippen LogP contribution in [0.15, 0.2) is 53.9 Å². The van der Waals surface area contributed by atoms with Gasteiger partial charge in [0.15, 0.2) is 0 Å². The second-order valence-electron chi connectivity index (χ2n) is 6.54. The van der Waals surface area contributed by atoms with Crippen LogP contribution < -0.4 is 10.1 Å². The Labute approximate surface area is 174 Å². The number of hydrogen-bond donors (Lipinski definition) is 1. The van der Waals surface area contributed by atoms with E-state index in [-0.39, 0.29) is 5.91 Å². The number of aryl methyl sites for hydroxylation is 1. The second-order valence-corrected chi connectivity index (χ2v) is 7.42. The number of esters is 1. The number of methoxy groups -OCH3 is 1. The van der Waals surface area contributed by atoms with Crippen LogP contribution in [0.2, 0.25) is 0 Å². The number of benzene rings is 2. The third-order valence-corrected chi connectivity index (χ3v) is 5.23. The molecule has 0 atom stereocenters. The second kappa shape index (κ2) is 9.39. The monoisotopic (exact) mass is 409 g/mol. The molecule has 3 aromatic rings. The first kappa shape index (κ1) is 20.6. The highest BCUT2D eigenvalue weighted by Crippen LogP contribution is 2.36. The molecular formula is C23H23NO4S. The number of carbonyl (C=O) groups is 2. The number of nitrogens with one attached hydrogen (secondary N) is 1. The molecule has 2 aromatic carbocycles. The largest absolute Gasteiger partial charge is 0.494 e. The molecule has 150 valence electrons. The van der Waals surface area contributed by atoms with Gasteiger partial charge in [-0.3, -0.25) is 4.79 Å². The number of amides is 1. The average molecular weight is 410 g/mol. The van der Waals surface area contributed by atoms with Crippen molar-refractivity contribution in [3.63, 3.8) is 0 Å². The molecule has 1 heterocycles. The first-order chi connectivity index (χ1) is 14.0. The van der Waals surface area contributed by atoms with Gasteiger partial charge < -0.3 is 14.8 Å². The van der Waals surface area contributed by atoms with Crippen LogP contribution in [0, 0.1) is 6.92 Å². The summed E-state index contributed by atoms with van der Waals surface area (Å²) in [5.41, 5.74) is 3.56. The Morgan fingerprint density at radius 1 is 1.10 bits per heavy atom. The maximum absolute atomic E-state index is 12.8. The Kier molecular flexibility index (Phi) is 6.67. The first-order valence-electron chi connectivity index (χ1n) is 9.34. The molecule has 0 fully saturated rings. The predicted octanol–water partition coefficient (Wildman–Crippen LogP) is 5.55. The Hall–Kier alpha value is -3.12. The van der Waals surface area contributed by atoms with Crippen LogP contribution in [0.3, 0.4) is 0 Å². The minimum atomic E-state index is -0.489. The van der Waals surface area contributed by atoms with E-state index < -0.39 is 5.97 Å². The third kappa shape index (κ3) is 4.84. The van der Waals surface area contributed by atoms with E-state index in [1.807, 2.05) is 49.6 Å². The lowest BCUT2D eigenvalue weighted by Crippen LogP contribution is -2.14. The molecule has 0 saturated heterocycles. The summed E-state index contributed by atoms with van der Waals surface area (Å²) in [5.74, 6) is -0.161. The average Bonchev–Trinajstić information content (AvgIpc) is 3.15. The van der Waals surface area contributed by atoms with E-state index in [2.05, 4.69) is 5.32 Å². The van der Waals surface area contributed by atoms with E-state index in [1.165, 1.54) is 18.4 Å². The van der Waals surface area contributed by atoms with E-state index >= 15 is 0 Å². The number of ether oxygens (including phenoxy) is 2. The van der Waals surface area contributed by atoms with Crippen molar-refractivity contribution in [2.24, 2.45) is 0 Å². The molecule has 0 aliphatic heterocycles. The molecule has 6 heteroatoms. The van der Waals surface area contributed by atoms with Crippen molar-refractivity contribution in [1.29, 1.82) is 0 Å². The standard InChI is InChI=1S/C23H23NO4S/c1-4-12-28-18-7-5-6-17(13-18)21(25)24-22-20(23(26)27-3)19(14-29-22)16-10-8-15(2)9-11-16/h5-11,13-14H,4,12H2,1-3H3,(H,24,25). The van der Waals surface area contributed by atoms with Gasteiger partial charge >= 0.3 is 5.97 Å². The van der Waals surface area contributed by atoms with Gasteiger partial charge in [0, 0.05) is 16.5 Å². The summed E-state index contributed by atoms with van der Waals surface area (Å²) < 4.78 is 10.6. The topological polar surface area (TPSA) is 64.6 Å². The highest BCUT2D eigenvalue weighted by Gasteiger charge is 2.22. The molecule has 0 saturated carbocycles. The molecule has 0 unspecified atom stereocenters. The zero-order valence-corrected chi connectivity index (χ0v) is 17.5. The lowest BCUT2D eigenvalue weighted by Gasteiger charge is -2.09. The van der Waals surface area contributed by atoms with Crippen molar-refractivity contribution in [1.82, 2.24) is 0 Å². The Morgan fingerprint density at radius 3 is 2.55 bits per heavy atom. The Morgan fingerprint density at radius 2 is 1.86 bits per heavy atom. The number of rotatable bonds is 7. The van der Waals surface area contributed by atoms with Gasteiger partial charge in [-0.2, -0.15) is 0 Å². The van der Waals surface area contributed by atoms with Gasteiger partial charge in [0.05, 0.1) is 13.7 Å². The molecule has 0 aliphatic rings. The molecule has 0 aliphatic carbocycles. The minimum absolute atomic E-state index is 0.311. The van der Waals surface area contributed by atoms with Crippen LogP contribution in [-0.2, 0) is 4.74 Å². The third-order valence-electron chi connectivity index (χ3n) is 4.34. The van der Waals surface area contributed by atoms with Crippen molar-refractivity contribution < 1.29 is 19.1 Å². The van der Waals surface area contributed by atoms with Crippen molar-refractivity contribution >= 4 is 28.2 Å². The van der Waals surface area contributed by atoms with Crippen molar-refractivity contribution in [2.45, 2.75) is 20.3 Å². The fourth-order valence-electron chi connectivity index (χ4n) is 2.82. The summed E-state index contributed by atoms with van der Waals surface area (Å²) in [5, 5.41) is 5.16. The lowest BCUT2D eigenvalue weighted by atomic mass is 10.0. The molecule has 5 nitrogen and oxygen atoms in total. The number of anilines is 1. The van der Waals surface area contributed by atoms with Crippen molar-refractivity contribution in [3.8, 4) is 16.9 Å². The Balaban J connectivity index is 1.90. The molecule has 3 rings (SSSR count). The van der Waals surface area contributed by atoms with E-state index in [1.54, 1.807) is 18.2 Å². The molecule has 0 spiro atoms. The van der Waals surface area contributed by atoms with Crippen LogP contribution in [0.4, 0.5) is 5.00 Å². The summed E-state index contributed by atoms with van der Waals surface area (Å²) in [7, 11) is 1.33. The van der Waals surface area contributed by atoms with Gasteiger partial charge in [-0.05, 0) is 37.1 Å². The SMILES string of the molecule is CCCOc1cccc(C(=O)Nc2scc(-c3ccc(C)cc3)c2C(=O)OC)c1. The number of carbonyl (C=O) groups excluding carboxylic acids is 2. The van der Waals surface area contributed by atoms with E-state index in [0.717, 1.165) is 23.1 Å². The normalized spacial score (nSPS) is 10.4. The molecule has 0 bridgehead atoms. The number of thiophene rings is 1. The van der Waals surface area contributed by atoms with Gasteiger partial charge in [0.1, 0.15) is 16.3 Å². The zero-order chi connectivity index (χ0) is 20.8. The van der Waals surface area contributed by atoms with Crippen molar-refractivity contribution in [3.05, 3.63) is 70.6 Å².